The van der Waals surface area contributed by atoms with Crippen LogP contribution in [0.5, 0.6) is 0 Å². The monoisotopic (exact) mass is 264 g/mol. The van der Waals surface area contributed by atoms with Gasteiger partial charge in [-0.1, -0.05) is 19.8 Å². The maximum atomic E-state index is 5.77. The number of nitrogens with two attached hydrogens (primary N) is 1. The van der Waals surface area contributed by atoms with Gasteiger partial charge in [-0.2, -0.15) is 0 Å². The molecule has 2 heterocycles. The Hall–Kier alpha value is -0.910. The van der Waals surface area contributed by atoms with E-state index in [9.17, 15) is 0 Å². The van der Waals surface area contributed by atoms with Crippen molar-refractivity contribution in [3.63, 3.8) is 0 Å². The minimum Gasteiger partial charge on any atom is -0.297 e. The maximum absolute atomic E-state index is 5.77. The first kappa shape index (κ1) is 12.1. The standard InChI is InChI=1S/C13H20N4S/c1-13(4-2-3-5-13)11(16-14)8-10-9-17-6-7-18-12(17)15-10/h6-7,9,11,16H,2-5,8,14H2,1H3. The molecule has 0 radical (unpaired) electrons. The van der Waals surface area contributed by atoms with Crippen molar-refractivity contribution in [2.45, 2.75) is 45.1 Å². The van der Waals surface area contributed by atoms with Gasteiger partial charge in [0.05, 0.1) is 5.69 Å². The van der Waals surface area contributed by atoms with E-state index < -0.39 is 0 Å². The van der Waals surface area contributed by atoms with Crippen LogP contribution in [0.2, 0.25) is 0 Å². The summed E-state index contributed by atoms with van der Waals surface area (Å²) < 4.78 is 2.09. The third-order valence-corrected chi connectivity index (χ3v) is 5.12. The normalized spacial score (nSPS) is 20.6. The van der Waals surface area contributed by atoms with Gasteiger partial charge in [-0.05, 0) is 18.3 Å². The van der Waals surface area contributed by atoms with E-state index in [1.54, 1.807) is 11.3 Å². The first-order valence-electron chi connectivity index (χ1n) is 6.58. The van der Waals surface area contributed by atoms with E-state index in [0.29, 0.717) is 11.5 Å². The Balaban J connectivity index is 1.79. The minimum atomic E-state index is 0.324. The van der Waals surface area contributed by atoms with Crippen LogP contribution < -0.4 is 11.3 Å². The molecule has 1 unspecified atom stereocenters. The summed E-state index contributed by atoms with van der Waals surface area (Å²) in [6, 6.07) is 0.324. The largest absolute Gasteiger partial charge is 0.297 e. The fourth-order valence-corrected chi connectivity index (χ4v) is 3.84. The van der Waals surface area contributed by atoms with Crippen LogP contribution in [0.25, 0.3) is 4.96 Å². The van der Waals surface area contributed by atoms with Crippen molar-refractivity contribution >= 4 is 16.3 Å². The van der Waals surface area contributed by atoms with Gasteiger partial charge in [-0.15, -0.1) is 11.3 Å². The van der Waals surface area contributed by atoms with E-state index in [2.05, 4.69) is 39.5 Å². The smallest absolute Gasteiger partial charge is 0.193 e. The Kier molecular flexibility index (Phi) is 3.13. The van der Waals surface area contributed by atoms with E-state index in [1.807, 2.05) is 0 Å². The van der Waals surface area contributed by atoms with Gasteiger partial charge >= 0.3 is 0 Å². The average molecular weight is 264 g/mol. The van der Waals surface area contributed by atoms with Crippen molar-refractivity contribution < 1.29 is 0 Å². The fourth-order valence-electron chi connectivity index (χ4n) is 3.12. The van der Waals surface area contributed by atoms with Gasteiger partial charge in [0.1, 0.15) is 0 Å². The molecule has 1 fully saturated rings. The summed E-state index contributed by atoms with van der Waals surface area (Å²) in [5, 5.41) is 2.06. The topological polar surface area (TPSA) is 55.3 Å². The molecule has 5 heteroatoms. The second kappa shape index (κ2) is 4.64. The molecule has 0 aromatic carbocycles. The van der Waals surface area contributed by atoms with E-state index in [-0.39, 0.29) is 0 Å². The second-order valence-electron chi connectivity index (χ2n) is 5.61. The van der Waals surface area contributed by atoms with Crippen LogP contribution in [-0.4, -0.2) is 15.4 Å². The number of nitrogens with one attached hydrogen (secondary N) is 1. The van der Waals surface area contributed by atoms with Gasteiger partial charge in [0, 0.05) is 30.2 Å². The molecular weight excluding hydrogens is 244 g/mol. The zero-order chi connectivity index (χ0) is 12.6. The number of nitrogens with zero attached hydrogens (tertiary/aromatic N) is 2. The van der Waals surface area contributed by atoms with Gasteiger partial charge in [0.2, 0.25) is 0 Å². The third kappa shape index (κ3) is 2.06. The molecule has 0 spiro atoms. The third-order valence-electron chi connectivity index (χ3n) is 4.34. The molecule has 3 N–H and O–H groups in total. The van der Waals surface area contributed by atoms with Gasteiger partial charge in [0.15, 0.2) is 4.96 Å². The number of thiazole rings is 1. The second-order valence-corrected chi connectivity index (χ2v) is 6.48. The Labute approximate surface area is 111 Å². The number of hydrogen-bond acceptors (Lipinski definition) is 4. The summed E-state index contributed by atoms with van der Waals surface area (Å²) in [6.45, 7) is 2.35. The molecule has 0 amide bonds. The molecule has 3 rings (SSSR count). The fraction of sp³-hybridized carbons (Fsp3) is 0.615. The van der Waals surface area contributed by atoms with Crippen LogP contribution in [0, 0.1) is 5.41 Å². The number of fused-ring (bicyclic) bond motifs is 1. The Morgan fingerprint density at radius 2 is 2.33 bits per heavy atom. The Bertz CT molecular complexity index is 495. The lowest BCUT2D eigenvalue weighted by molar-refractivity contribution is 0.220. The van der Waals surface area contributed by atoms with E-state index in [0.717, 1.165) is 17.1 Å². The number of hydrazine groups is 1. The number of hydrogen-bond donors (Lipinski definition) is 2. The van der Waals surface area contributed by atoms with Crippen LogP contribution in [0.15, 0.2) is 17.8 Å². The van der Waals surface area contributed by atoms with Crippen molar-refractivity contribution in [3.8, 4) is 0 Å². The summed E-state index contributed by atoms with van der Waals surface area (Å²) >= 11 is 1.67. The van der Waals surface area contributed by atoms with Crippen molar-refractivity contribution in [3.05, 3.63) is 23.5 Å². The lowest BCUT2D eigenvalue weighted by Crippen LogP contribution is -2.47. The SMILES string of the molecule is CC1(C(Cc2cn3ccsc3n2)NN)CCCC1. The lowest BCUT2D eigenvalue weighted by atomic mass is 9.79. The molecule has 0 aliphatic heterocycles. The molecule has 98 valence electrons. The minimum absolute atomic E-state index is 0.324. The molecule has 2 aromatic rings. The first-order valence-corrected chi connectivity index (χ1v) is 7.46. The van der Waals surface area contributed by atoms with Gasteiger partial charge < -0.3 is 0 Å². The lowest BCUT2D eigenvalue weighted by Gasteiger charge is -2.33. The molecule has 1 saturated carbocycles. The zero-order valence-electron chi connectivity index (χ0n) is 10.7. The van der Waals surface area contributed by atoms with Gasteiger partial charge in [-0.3, -0.25) is 15.7 Å². The highest BCUT2D eigenvalue weighted by atomic mass is 32.1. The number of aromatic nitrogens is 2. The molecule has 4 nitrogen and oxygen atoms in total. The Morgan fingerprint density at radius 1 is 1.56 bits per heavy atom. The highest BCUT2D eigenvalue weighted by Crippen LogP contribution is 2.41. The van der Waals surface area contributed by atoms with Crippen molar-refractivity contribution in [2.75, 3.05) is 0 Å². The highest BCUT2D eigenvalue weighted by Gasteiger charge is 2.36. The predicted molar refractivity (Wildman–Crippen MR) is 74.5 cm³/mol. The zero-order valence-corrected chi connectivity index (χ0v) is 11.5. The first-order chi connectivity index (χ1) is 8.71. The molecule has 2 aromatic heterocycles. The summed E-state index contributed by atoms with van der Waals surface area (Å²) in [4.78, 5) is 5.72. The summed E-state index contributed by atoms with van der Waals surface area (Å²) in [5.41, 5.74) is 4.49. The Morgan fingerprint density at radius 3 is 3.00 bits per heavy atom. The van der Waals surface area contributed by atoms with Crippen LogP contribution >= 0.6 is 11.3 Å². The molecule has 0 bridgehead atoms. The number of rotatable bonds is 4. The van der Waals surface area contributed by atoms with Gasteiger partial charge in [0.25, 0.3) is 0 Å². The van der Waals surface area contributed by atoms with Gasteiger partial charge in [-0.25, -0.2) is 4.98 Å². The van der Waals surface area contributed by atoms with Crippen LogP contribution in [0.1, 0.15) is 38.3 Å². The van der Waals surface area contributed by atoms with E-state index in [4.69, 9.17) is 5.84 Å². The molecule has 1 aliphatic rings. The van der Waals surface area contributed by atoms with Crippen LogP contribution in [0.4, 0.5) is 0 Å². The summed E-state index contributed by atoms with van der Waals surface area (Å²) in [7, 11) is 0. The molecular formula is C13H20N4S. The number of imidazole rings is 1. The molecule has 18 heavy (non-hydrogen) atoms. The van der Waals surface area contributed by atoms with Crippen molar-refractivity contribution in [2.24, 2.45) is 11.3 Å². The molecule has 1 atom stereocenters. The van der Waals surface area contributed by atoms with Crippen molar-refractivity contribution in [1.82, 2.24) is 14.8 Å². The molecule has 0 saturated heterocycles. The summed E-state index contributed by atoms with van der Waals surface area (Å²) in [6.07, 6.45) is 10.3. The molecule has 1 aliphatic carbocycles. The average Bonchev–Trinajstić information content (AvgIpc) is 3.01. The van der Waals surface area contributed by atoms with E-state index >= 15 is 0 Å². The predicted octanol–water partition coefficient (Wildman–Crippen LogP) is 2.35. The van der Waals surface area contributed by atoms with Crippen LogP contribution in [0.3, 0.4) is 0 Å². The van der Waals surface area contributed by atoms with E-state index in [1.165, 1.54) is 25.7 Å². The maximum Gasteiger partial charge on any atom is 0.193 e. The van der Waals surface area contributed by atoms with Crippen LogP contribution in [-0.2, 0) is 6.42 Å². The highest BCUT2D eigenvalue weighted by molar-refractivity contribution is 7.15. The summed E-state index contributed by atoms with van der Waals surface area (Å²) in [5.74, 6) is 5.77. The quantitative estimate of drug-likeness (QED) is 0.658. The van der Waals surface area contributed by atoms with Crippen molar-refractivity contribution in [1.29, 1.82) is 0 Å².